The lowest BCUT2D eigenvalue weighted by atomic mass is 10.1. The highest BCUT2D eigenvalue weighted by Crippen LogP contribution is 2.25. The molecule has 132 valence electrons. The van der Waals surface area contributed by atoms with Crippen molar-refractivity contribution in [2.45, 2.75) is 44.6 Å². The van der Waals surface area contributed by atoms with Crippen molar-refractivity contribution < 1.29 is 17.9 Å². The minimum atomic E-state index is -3.20. The third-order valence-corrected chi connectivity index (χ3v) is 6.34. The van der Waals surface area contributed by atoms with E-state index in [4.69, 9.17) is 4.74 Å². The number of ether oxygens (including phenoxy) is 1. The molecule has 3 rings (SSSR count). The number of carbonyl (C=O) groups excluding carboxylic acids is 1. The molecule has 1 atom stereocenters. The molecule has 1 amide bonds. The van der Waals surface area contributed by atoms with Gasteiger partial charge in [0.05, 0.1) is 24.0 Å². The van der Waals surface area contributed by atoms with Crippen LogP contribution in [0.2, 0.25) is 0 Å². The van der Waals surface area contributed by atoms with Crippen molar-refractivity contribution in [3.8, 4) is 0 Å². The number of benzene rings is 1. The van der Waals surface area contributed by atoms with E-state index in [1.807, 2.05) is 0 Å². The van der Waals surface area contributed by atoms with Crippen LogP contribution >= 0.6 is 0 Å². The van der Waals surface area contributed by atoms with Crippen LogP contribution in [0.5, 0.6) is 0 Å². The minimum Gasteiger partial charge on any atom is -0.378 e. The number of hydrogen-bond acceptors (Lipinski definition) is 4. The van der Waals surface area contributed by atoms with Gasteiger partial charge in [-0.05, 0) is 56.4 Å². The molecule has 1 unspecified atom stereocenters. The van der Waals surface area contributed by atoms with Gasteiger partial charge in [0.2, 0.25) is 15.9 Å². The lowest BCUT2D eigenvalue weighted by Gasteiger charge is -2.28. The van der Waals surface area contributed by atoms with Gasteiger partial charge < -0.3 is 10.1 Å². The first kappa shape index (κ1) is 17.2. The van der Waals surface area contributed by atoms with Gasteiger partial charge in [0, 0.05) is 18.8 Å². The van der Waals surface area contributed by atoms with Crippen molar-refractivity contribution in [3.63, 3.8) is 0 Å². The van der Waals surface area contributed by atoms with Gasteiger partial charge in [-0.2, -0.15) is 0 Å². The fraction of sp³-hybridized carbons (Fsp3) is 0.588. The lowest BCUT2D eigenvalue weighted by Crippen LogP contribution is -2.37. The van der Waals surface area contributed by atoms with E-state index in [0.717, 1.165) is 38.7 Å². The van der Waals surface area contributed by atoms with Gasteiger partial charge >= 0.3 is 0 Å². The van der Waals surface area contributed by atoms with Gasteiger partial charge in [0.1, 0.15) is 0 Å². The maximum atomic E-state index is 12.1. The summed E-state index contributed by atoms with van der Waals surface area (Å²) in [4.78, 5) is 12.1. The molecule has 6 nitrogen and oxygen atoms in total. The maximum absolute atomic E-state index is 12.1. The van der Waals surface area contributed by atoms with Crippen LogP contribution < -0.4 is 9.62 Å². The Labute approximate surface area is 143 Å². The molecule has 1 aromatic rings. The molecule has 2 aliphatic rings. The van der Waals surface area contributed by atoms with Crippen LogP contribution in [0.25, 0.3) is 0 Å². The predicted molar refractivity (Wildman–Crippen MR) is 93.6 cm³/mol. The van der Waals surface area contributed by atoms with Crippen LogP contribution in [0.3, 0.4) is 0 Å². The van der Waals surface area contributed by atoms with Crippen LogP contribution in [-0.2, 0) is 19.6 Å². The molecule has 2 heterocycles. The molecular weight excluding hydrogens is 328 g/mol. The highest BCUT2D eigenvalue weighted by Gasteiger charge is 2.25. The Bertz CT molecular complexity index is 666. The van der Waals surface area contributed by atoms with Gasteiger partial charge in [-0.3, -0.25) is 9.10 Å². The number of nitrogens with zero attached hydrogens (tertiary/aromatic N) is 1. The van der Waals surface area contributed by atoms with Crippen molar-refractivity contribution in [2.24, 2.45) is 0 Å². The largest absolute Gasteiger partial charge is 0.378 e. The molecule has 2 fully saturated rings. The molecule has 0 aromatic heterocycles. The minimum absolute atomic E-state index is 0.0107. The summed E-state index contributed by atoms with van der Waals surface area (Å²) in [6.45, 7) is 1.25. The van der Waals surface area contributed by atoms with E-state index in [1.54, 1.807) is 24.3 Å². The molecule has 0 spiro atoms. The van der Waals surface area contributed by atoms with Crippen molar-refractivity contribution in [1.82, 2.24) is 0 Å². The fourth-order valence-corrected chi connectivity index (χ4v) is 4.82. The summed E-state index contributed by atoms with van der Waals surface area (Å²) in [5, 5.41) is 2.85. The monoisotopic (exact) mass is 352 g/mol. The number of carbonyl (C=O) groups is 1. The molecule has 0 aliphatic carbocycles. The molecule has 0 saturated carbocycles. The summed E-state index contributed by atoms with van der Waals surface area (Å²) in [7, 11) is -3.20. The van der Waals surface area contributed by atoms with Gasteiger partial charge in [-0.15, -0.1) is 0 Å². The van der Waals surface area contributed by atoms with Crippen LogP contribution in [0.4, 0.5) is 11.4 Å². The Morgan fingerprint density at radius 1 is 1.17 bits per heavy atom. The van der Waals surface area contributed by atoms with E-state index in [-0.39, 0.29) is 17.8 Å². The van der Waals surface area contributed by atoms with Gasteiger partial charge in [0.25, 0.3) is 0 Å². The van der Waals surface area contributed by atoms with Crippen molar-refractivity contribution >= 4 is 27.3 Å². The van der Waals surface area contributed by atoms with Crippen LogP contribution in [0.15, 0.2) is 24.3 Å². The molecule has 2 aliphatic heterocycles. The highest BCUT2D eigenvalue weighted by atomic mass is 32.2. The first-order valence-electron chi connectivity index (χ1n) is 8.56. The predicted octanol–water partition coefficient (Wildman–Crippen LogP) is 2.51. The number of hydrogen-bond donors (Lipinski definition) is 1. The van der Waals surface area contributed by atoms with Crippen LogP contribution in [0.1, 0.15) is 38.5 Å². The number of nitrogens with one attached hydrogen (secondary N) is 1. The summed E-state index contributed by atoms with van der Waals surface area (Å²) in [5.74, 6) is 0.132. The van der Waals surface area contributed by atoms with Crippen molar-refractivity contribution in [1.29, 1.82) is 0 Å². The molecule has 0 radical (unpaired) electrons. The second-order valence-corrected chi connectivity index (χ2v) is 8.40. The zero-order valence-electron chi connectivity index (χ0n) is 13.7. The zero-order chi connectivity index (χ0) is 17.0. The van der Waals surface area contributed by atoms with E-state index >= 15 is 0 Å². The number of sulfonamides is 1. The summed E-state index contributed by atoms with van der Waals surface area (Å²) < 4.78 is 31.2. The van der Waals surface area contributed by atoms with Gasteiger partial charge in [-0.25, -0.2) is 8.42 Å². The molecule has 0 bridgehead atoms. The summed E-state index contributed by atoms with van der Waals surface area (Å²) in [6, 6.07) is 6.99. The quantitative estimate of drug-likeness (QED) is 0.903. The van der Waals surface area contributed by atoms with Gasteiger partial charge in [-0.1, -0.05) is 0 Å². The fourth-order valence-electron chi connectivity index (χ4n) is 3.18. The molecule has 2 saturated heterocycles. The van der Waals surface area contributed by atoms with E-state index in [0.29, 0.717) is 24.3 Å². The SMILES string of the molecule is O=C(CC1CCCCO1)Nc1ccc(N2CCCCS2(=O)=O)cc1. The molecule has 24 heavy (non-hydrogen) atoms. The van der Waals surface area contributed by atoms with E-state index in [1.165, 1.54) is 4.31 Å². The third kappa shape index (κ3) is 4.27. The van der Waals surface area contributed by atoms with Crippen molar-refractivity contribution in [2.75, 3.05) is 28.5 Å². The average Bonchev–Trinajstić information content (AvgIpc) is 2.56. The highest BCUT2D eigenvalue weighted by molar-refractivity contribution is 7.92. The Balaban J connectivity index is 1.59. The number of rotatable bonds is 4. The Morgan fingerprint density at radius 3 is 2.62 bits per heavy atom. The van der Waals surface area contributed by atoms with E-state index < -0.39 is 10.0 Å². The summed E-state index contributed by atoms with van der Waals surface area (Å²) in [6.07, 6.45) is 5.07. The standard InChI is InChI=1S/C17H24N2O4S/c20-17(13-16-5-1-3-11-23-16)18-14-6-8-15(9-7-14)19-10-2-4-12-24(19,21)22/h6-9,16H,1-5,10-13H2,(H,18,20). The second-order valence-electron chi connectivity index (χ2n) is 6.38. The molecule has 1 aromatic carbocycles. The maximum Gasteiger partial charge on any atom is 0.235 e. The number of anilines is 2. The topological polar surface area (TPSA) is 75.7 Å². The first-order valence-corrected chi connectivity index (χ1v) is 10.2. The molecule has 7 heteroatoms. The number of amides is 1. The average molecular weight is 352 g/mol. The molecule has 1 N–H and O–H groups in total. The zero-order valence-corrected chi connectivity index (χ0v) is 14.6. The Morgan fingerprint density at radius 2 is 1.96 bits per heavy atom. The van der Waals surface area contributed by atoms with Crippen LogP contribution in [-0.4, -0.2) is 39.3 Å². The first-order chi connectivity index (χ1) is 11.5. The van der Waals surface area contributed by atoms with Crippen LogP contribution in [0, 0.1) is 0 Å². The smallest absolute Gasteiger partial charge is 0.235 e. The normalized spacial score (nSPS) is 23.7. The van der Waals surface area contributed by atoms with Crippen molar-refractivity contribution in [3.05, 3.63) is 24.3 Å². The van der Waals surface area contributed by atoms with E-state index in [9.17, 15) is 13.2 Å². The summed E-state index contributed by atoms with van der Waals surface area (Å²) >= 11 is 0. The summed E-state index contributed by atoms with van der Waals surface area (Å²) in [5.41, 5.74) is 1.33. The Hall–Kier alpha value is -1.60. The van der Waals surface area contributed by atoms with E-state index in [2.05, 4.69) is 5.32 Å². The third-order valence-electron chi connectivity index (χ3n) is 4.48. The Kier molecular flexibility index (Phi) is 5.40. The second kappa shape index (κ2) is 7.53. The lowest BCUT2D eigenvalue weighted by molar-refractivity contribution is -0.119. The van der Waals surface area contributed by atoms with Gasteiger partial charge in [0.15, 0.2) is 0 Å². The molecular formula is C17H24N2O4S.